The average Bonchev–Trinajstić information content (AvgIpc) is 2.46. The fourth-order valence-electron chi connectivity index (χ4n) is 2.09. The molecule has 0 aromatic heterocycles. The fourth-order valence-corrected chi connectivity index (χ4v) is 2.09. The first kappa shape index (κ1) is 15.8. The third-order valence-corrected chi connectivity index (χ3v) is 3.32. The normalized spacial score (nSPS) is 11.8. The van der Waals surface area contributed by atoms with Crippen molar-refractivity contribution in [3.8, 4) is 5.75 Å². The number of carbonyl (C=O) groups excluding carboxylic acids is 1. The van der Waals surface area contributed by atoms with Crippen LogP contribution in [0.3, 0.4) is 0 Å². The number of rotatable bonds is 4. The van der Waals surface area contributed by atoms with Gasteiger partial charge in [-0.1, -0.05) is 18.2 Å². The maximum absolute atomic E-state index is 13.6. The Labute approximate surface area is 129 Å². The van der Waals surface area contributed by atoms with Gasteiger partial charge in [0.25, 0.3) is 5.91 Å². The Balaban J connectivity index is 2.11. The lowest BCUT2D eigenvalue weighted by molar-refractivity contribution is -0.122. The number of anilines is 2. The molecule has 1 atom stereocenters. The summed E-state index contributed by atoms with van der Waals surface area (Å²) >= 11 is 0. The zero-order valence-corrected chi connectivity index (χ0v) is 12.8. The standard InChI is InChI=1S/C17H19FN2O2/c1-10-5-4-6-11(2)16(10)22-12(3)17(21)20-15-9-13(19)7-8-14(15)18/h4-9,12H,19H2,1-3H3,(H,20,21)/t12-/m0/s1. The molecular weight excluding hydrogens is 283 g/mol. The van der Waals surface area contributed by atoms with E-state index < -0.39 is 17.8 Å². The minimum atomic E-state index is -0.763. The lowest BCUT2D eigenvalue weighted by Gasteiger charge is -2.18. The van der Waals surface area contributed by atoms with E-state index in [1.165, 1.54) is 18.2 Å². The quantitative estimate of drug-likeness (QED) is 0.850. The zero-order chi connectivity index (χ0) is 16.3. The lowest BCUT2D eigenvalue weighted by atomic mass is 10.1. The molecule has 2 aromatic carbocycles. The highest BCUT2D eigenvalue weighted by molar-refractivity contribution is 5.94. The summed E-state index contributed by atoms with van der Waals surface area (Å²) in [4.78, 5) is 12.2. The molecule has 0 saturated carbocycles. The Bertz CT molecular complexity index is 681. The number of ether oxygens (including phenoxy) is 1. The van der Waals surface area contributed by atoms with Gasteiger partial charge in [-0.2, -0.15) is 0 Å². The topological polar surface area (TPSA) is 64.3 Å². The van der Waals surface area contributed by atoms with Crippen LogP contribution in [0.2, 0.25) is 0 Å². The molecule has 0 spiro atoms. The van der Waals surface area contributed by atoms with Gasteiger partial charge in [-0.25, -0.2) is 4.39 Å². The maximum Gasteiger partial charge on any atom is 0.265 e. The summed E-state index contributed by atoms with van der Waals surface area (Å²) in [5.74, 6) is -0.313. The van der Waals surface area contributed by atoms with Crippen LogP contribution in [0.5, 0.6) is 5.75 Å². The molecule has 22 heavy (non-hydrogen) atoms. The maximum atomic E-state index is 13.6. The molecule has 116 valence electrons. The fraction of sp³-hybridized carbons (Fsp3) is 0.235. The summed E-state index contributed by atoms with van der Waals surface area (Å²) in [5, 5.41) is 2.49. The SMILES string of the molecule is Cc1cccc(C)c1O[C@@H](C)C(=O)Nc1cc(N)ccc1F. The van der Waals surface area contributed by atoms with Crippen molar-refractivity contribution >= 4 is 17.3 Å². The van der Waals surface area contributed by atoms with Gasteiger partial charge in [-0.05, 0) is 50.1 Å². The number of amides is 1. The second-order valence-corrected chi connectivity index (χ2v) is 5.21. The smallest absolute Gasteiger partial charge is 0.265 e. The Hall–Kier alpha value is -2.56. The van der Waals surface area contributed by atoms with Crippen LogP contribution in [0, 0.1) is 19.7 Å². The first-order chi connectivity index (χ1) is 10.4. The van der Waals surface area contributed by atoms with E-state index in [0.29, 0.717) is 11.4 Å². The largest absolute Gasteiger partial charge is 0.480 e. The second kappa shape index (κ2) is 6.47. The molecule has 0 bridgehead atoms. The number of nitrogen functional groups attached to an aromatic ring is 1. The summed E-state index contributed by atoms with van der Waals surface area (Å²) in [7, 11) is 0. The van der Waals surface area contributed by atoms with E-state index in [1.54, 1.807) is 6.92 Å². The molecule has 5 heteroatoms. The van der Waals surface area contributed by atoms with Gasteiger partial charge in [-0.15, -0.1) is 0 Å². The van der Waals surface area contributed by atoms with Crippen LogP contribution >= 0.6 is 0 Å². The Morgan fingerprint density at radius 3 is 2.50 bits per heavy atom. The summed E-state index contributed by atoms with van der Waals surface area (Å²) in [5.41, 5.74) is 7.89. The van der Waals surface area contributed by atoms with Gasteiger partial charge in [0.2, 0.25) is 0 Å². The monoisotopic (exact) mass is 302 g/mol. The molecule has 0 unspecified atom stereocenters. The van der Waals surface area contributed by atoms with Gasteiger partial charge in [0.15, 0.2) is 6.10 Å². The van der Waals surface area contributed by atoms with Crippen LogP contribution in [0.25, 0.3) is 0 Å². The van der Waals surface area contributed by atoms with Gasteiger partial charge >= 0.3 is 0 Å². The Morgan fingerprint density at radius 2 is 1.86 bits per heavy atom. The number of hydrogen-bond acceptors (Lipinski definition) is 3. The average molecular weight is 302 g/mol. The van der Waals surface area contributed by atoms with Crippen LogP contribution in [0.15, 0.2) is 36.4 Å². The number of halogens is 1. The molecule has 2 rings (SSSR count). The number of hydrogen-bond donors (Lipinski definition) is 2. The number of nitrogens with one attached hydrogen (secondary N) is 1. The third kappa shape index (κ3) is 3.55. The number of carbonyl (C=O) groups is 1. The van der Waals surface area contributed by atoms with Crippen LogP contribution in [0.1, 0.15) is 18.1 Å². The van der Waals surface area contributed by atoms with E-state index in [9.17, 15) is 9.18 Å². The van der Waals surface area contributed by atoms with E-state index in [-0.39, 0.29) is 5.69 Å². The first-order valence-corrected chi connectivity index (χ1v) is 6.97. The third-order valence-electron chi connectivity index (χ3n) is 3.32. The Morgan fingerprint density at radius 1 is 1.23 bits per heavy atom. The summed E-state index contributed by atoms with van der Waals surface area (Å²) in [6.07, 6.45) is -0.763. The lowest BCUT2D eigenvalue weighted by Crippen LogP contribution is -2.31. The van der Waals surface area contributed by atoms with Gasteiger partial charge in [0.05, 0.1) is 5.69 Å². The van der Waals surface area contributed by atoms with E-state index in [1.807, 2.05) is 32.0 Å². The molecular formula is C17H19FN2O2. The second-order valence-electron chi connectivity index (χ2n) is 5.21. The highest BCUT2D eigenvalue weighted by Gasteiger charge is 2.18. The minimum Gasteiger partial charge on any atom is -0.480 e. The van der Waals surface area contributed by atoms with E-state index in [4.69, 9.17) is 10.5 Å². The van der Waals surface area contributed by atoms with Crippen molar-refractivity contribution in [1.29, 1.82) is 0 Å². The van der Waals surface area contributed by atoms with Crippen molar-refractivity contribution in [1.82, 2.24) is 0 Å². The molecule has 0 saturated heterocycles. The number of nitrogens with two attached hydrogens (primary N) is 1. The molecule has 2 aromatic rings. The summed E-state index contributed by atoms with van der Waals surface area (Å²) in [6, 6.07) is 9.75. The number of aryl methyl sites for hydroxylation is 2. The van der Waals surface area contributed by atoms with Crippen molar-refractivity contribution in [3.05, 3.63) is 53.3 Å². The molecule has 0 fully saturated rings. The molecule has 3 N–H and O–H groups in total. The summed E-state index contributed by atoms with van der Waals surface area (Å²) in [6.45, 7) is 5.43. The van der Waals surface area contributed by atoms with Gasteiger partial charge in [-0.3, -0.25) is 4.79 Å². The summed E-state index contributed by atoms with van der Waals surface area (Å²) < 4.78 is 19.4. The van der Waals surface area contributed by atoms with Crippen LogP contribution in [0.4, 0.5) is 15.8 Å². The van der Waals surface area contributed by atoms with Crippen LogP contribution in [-0.2, 0) is 4.79 Å². The van der Waals surface area contributed by atoms with Crippen molar-refractivity contribution in [2.45, 2.75) is 26.9 Å². The number of benzene rings is 2. The van der Waals surface area contributed by atoms with Crippen LogP contribution in [-0.4, -0.2) is 12.0 Å². The van der Waals surface area contributed by atoms with E-state index in [2.05, 4.69) is 5.32 Å². The van der Waals surface area contributed by atoms with Gasteiger partial charge in [0.1, 0.15) is 11.6 Å². The molecule has 0 aliphatic rings. The molecule has 0 aliphatic carbocycles. The van der Waals surface area contributed by atoms with Crippen molar-refractivity contribution in [2.75, 3.05) is 11.1 Å². The highest BCUT2D eigenvalue weighted by atomic mass is 19.1. The molecule has 1 amide bonds. The number of para-hydroxylation sites is 1. The molecule has 0 aliphatic heterocycles. The first-order valence-electron chi connectivity index (χ1n) is 6.97. The van der Waals surface area contributed by atoms with E-state index in [0.717, 1.165) is 11.1 Å². The van der Waals surface area contributed by atoms with Gasteiger partial charge < -0.3 is 15.8 Å². The van der Waals surface area contributed by atoms with E-state index >= 15 is 0 Å². The van der Waals surface area contributed by atoms with Crippen molar-refractivity contribution in [2.24, 2.45) is 0 Å². The Kier molecular flexibility index (Phi) is 4.65. The predicted molar refractivity (Wildman–Crippen MR) is 85.4 cm³/mol. The predicted octanol–water partition coefficient (Wildman–Crippen LogP) is 3.43. The molecule has 0 heterocycles. The van der Waals surface area contributed by atoms with Gasteiger partial charge in [0, 0.05) is 5.69 Å². The highest BCUT2D eigenvalue weighted by Crippen LogP contribution is 2.24. The molecule has 0 radical (unpaired) electrons. The van der Waals surface area contributed by atoms with Crippen molar-refractivity contribution < 1.29 is 13.9 Å². The van der Waals surface area contributed by atoms with Crippen LogP contribution < -0.4 is 15.8 Å². The zero-order valence-electron chi connectivity index (χ0n) is 12.8. The van der Waals surface area contributed by atoms with Crippen molar-refractivity contribution in [3.63, 3.8) is 0 Å². The minimum absolute atomic E-state index is 0.0435. The molecule has 4 nitrogen and oxygen atoms in total.